The summed E-state index contributed by atoms with van der Waals surface area (Å²) >= 11 is 0. The van der Waals surface area contributed by atoms with Crippen molar-refractivity contribution in [3.63, 3.8) is 0 Å². The minimum Gasteiger partial charge on any atom is -0.483 e. The number of carbonyl (C=O) groups is 2. The van der Waals surface area contributed by atoms with Crippen LogP contribution >= 0.6 is 0 Å². The van der Waals surface area contributed by atoms with Gasteiger partial charge in [-0.25, -0.2) is 4.79 Å². The lowest BCUT2D eigenvalue weighted by molar-refractivity contribution is -0.190. The Kier molecular flexibility index (Phi) is 5.68. The molecule has 7 nitrogen and oxygen atoms in total. The van der Waals surface area contributed by atoms with Gasteiger partial charge in [-0.15, -0.1) is 0 Å². The van der Waals surface area contributed by atoms with E-state index in [-0.39, 0.29) is 24.3 Å². The number of ether oxygens (including phenoxy) is 3. The van der Waals surface area contributed by atoms with Gasteiger partial charge in [0.15, 0.2) is 12.2 Å². The molecule has 29 heavy (non-hydrogen) atoms. The lowest BCUT2D eigenvalue weighted by Gasteiger charge is -2.43. The molecule has 1 aliphatic heterocycles. The molecule has 0 amide bonds. The van der Waals surface area contributed by atoms with Gasteiger partial charge in [0.2, 0.25) is 0 Å². The van der Waals surface area contributed by atoms with Crippen LogP contribution in [-0.2, 0) is 19.1 Å². The Labute approximate surface area is 168 Å². The third-order valence-corrected chi connectivity index (χ3v) is 4.79. The van der Waals surface area contributed by atoms with Gasteiger partial charge in [-0.1, -0.05) is 20.8 Å². The average Bonchev–Trinajstić information content (AvgIpc) is 2.62. The fourth-order valence-corrected chi connectivity index (χ4v) is 3.42. The molecule has 0 N–H and O–H groups in total. The van der Waals surface area contributed by atoms with Crippen LogP contribution in [0.1, 0.15) is 59.1 Å². The highest BCUT2D eigenvalue weighted by Gasteiger charge is 2.50. The zero-order chi connectivity index (χ0) is 21.3. The first kappa shape index (κ1) is 20.9. The van der Waals surface area contributed by atoms with Crippen molar-refractivity contribution in [2.45, 2.75) is 65.3 Å². The van der Waals surface area contributed by atoms with E-state index < -0.39 is 35.4 Å². The Hall–Kier alpha value is -2.83. The number of fused-ring (bicyclic) bond motifs is 3. The number of benzene rings is 1. The molecule has 156 valence electrons. The normalized spacial score (nSPS) is 20.1. The van der Waals surface area contributed by atoms with Crippen molar-refractivity contribution < 1.29 is 28.2 Å². The minimum atomic E-state index is -0.971. The van der Waals surface area contributed by atoms with Gasteiger partial charge in [0, 0.05) is 24.3 Å². The van der Waals surface area contributed by atoms with Crippen LogP contribution in [0.15, 0.2) is 33.5 Å². The highest BCUT2D eigenvalue weighted by atomic mass is 16.6. The summed E-state index contributed by atoms with van der Waals surface area (Å²) in [5.41, 5.74) is -0.862. The van der Waals surface area contributed by atoms with E-state index in [0.717, 1.165) is 0 Å². The second-order valence-electron chi connectivity index (χ2n) is 8.13. The van der Waals surface area contributed by atoms with Crippen LogP contribution in [0.4, 0.5) is 0 Å². The zero-order valence-corrected chi connectivity index (χ0v) is 17.3. The topological polar surface area (TPSA) is 92.0 Å². The van der Waals surface area contributed by atoms with Crippen molar-refractivity contribution in [2.24, 2.45) is 5.92 Å². The summed E-state index contributed by atoms with van der Waals surface area (Å²) in [5.74, 6) is -0.344. The molecule has 7 heteroatoms. The first-order valence-corrected chi connectivity index (χ1v) is 9.77. The van der Waals surface area contributed by atoms with Crippen LogP contribution in [0, 0.1) is 5.92 Å². The molecule has 1 aromatic carbocycles. The molecular weight excluding hydrogens is 376 g/mol. The van der Waals surface area contributed by atoms with Crippen molar-refractivity contribution in [3.05, 3.63) is 40.2 Å². The maximum absolute atomic E-state index is 12.4. The molecule has 0 radical (unpaired) electrons. The minimum absolute atomic E-state index is 0.109. The van der Waals surface area contributed by atoms with E-state index in [9.17, 15) is 14.4 Å². The lowest BCUT2D eigenvalue weighted by atomic mass is 9.87. The molecule has 1 aromatic heterocycles. The highest BCUT2D eigenvalue weighted by molar-refractivity contribution is 5.83. The Bertz CT molecular complexity index is 986. The molecule has 0 spiro atoms. The Morgan fingerprint density at radius 2 is 1.79 bits per heavy atom. The van der Waals surface area contributed by atoms with Crippen LogP contribution in [0.25, 0.3) is 11.0 Å². The zero-order valence-electron chi connectivity index (χ0n) is 17.3. The first-order valence-electron chi connectivity index (χ1n) is 9.77. The van der Waals surface area contributed by atoms with E-state index in [4.69, 9.17) is 18.6 Å². The number of hydrogen-bond donors (Lipinski definition) is 0. The average molecular weight is 402 g/mol. The summed E-state index contributed by atoms with van der Waals surface area (Å²) in [4.78, 5) is 36.5. The Balaban J connectivity index is 2.16. The number of carbonyl (C=O) groups excluding carboxylic acids is 2. The summed E-state index contributed by atoms with van der Waals surface area (Å²) in [5, 5.41) is 0.650. The SMILES string of the molecule is CCC(=O)OC1c2c(ccc3ccc(=O)oc23)OC(C)(C)C1OC(=O)CC(C)C. The summed E-state index contributed by atoms with van der Waals surface area (Å²) in [6, 6.07) is 6.44. The molecule has 2 aromatic rings. The first-order chi connectivity index (χ1) is 13.6. The maximum atomic E-state index is 12.4. The summed E-state index contributed by atoms with van der Waals surface area (Å²) in [6.07, 6.45) is -1.51. The third-order valence-electron chi connectivity index (χ3n) is 4.79. The van der Waals surface area contributed by atoms with Gasteiger partial charge in [0.1, 0.15) is 16.9 Å². The molecule has 0 aliphatic carbocycles. The monoisotopic (exact) mass is 402 g/mol. The summed E-state index contributed by atoms with van der Waals surface area (Å²) < 4.78 is 23.0. The molecule has 2 atom stereocenters. The summed E-state index contributed by atoms with van der Waals surface area (Å²) in [7, 11) is 0. The second-order valence-corrected chi connectivity index (χ2v) is 8.13. The smallest absolute Gasteiger partial charge is 0.336 e. The van der Waals surface area contributed by atoms with Gasteiger partial charge in [0.25, 0.3) is 0 Å². The van der Waals surface area contributed by atoms with Crippen LogP contribution in [0.5, 0.6) is 5.75 Å². The highest BCUT2D eigenvalue weighted by Crippen LogP contribution is 2.46. The van der Waals surface area contributed by atoms with E-state index in [0.29, 0.717) is 16.7 Å². The second kappa shape index (κ2) is 7.89. The van der Waals surface area contributed by atoms with Gasteiger partial charge in [-0.3, -0.25) is 9.59 Å². The van der Waals surface area contributed by atoms with Gasteiger partial charge < -0.3 is 18.6 Å². The van der Waals surface area contributed by atoms with Crippen molar-refractivity contribution in [1.29, 1.82) is 0 Å². The van der Waals surface area contributed by atoms with Crippen LogP contribution in [0.3, 0.4) is 0 Å². The van der Waals surface area contributed by atoms with E-state index >= 15 is 0 Å². The van der Waals surface area contributed by atoms with Crippen LogP contribution in [0.2, 0.25) is 0 Å². The predicted molar refractivity (Wildman–Crippen MR) is 106 cm³/mol. The van der Waals surface area contributed by atoms with Crippen LogP contribution < -0.4 is 10.4 Å². The third kappa shape index (κ3) is 4.28. The van der Waals surface area contributed by atoms with E-state index in [1.54, 1.807) is 39.0 Å². The molecule has 0 fully saturated rings. The van der Waals surface area contributed by atoms with Gasteiger partial charge in [-0.2, -0.15) is 0 Å². The number of rotatable bonds is 5. The largest absolute Gasteiger partial charge is 0.483 e. The number of esters is 2. The van der Waals surface area contributed by atoms with Crippen LogP contribution in [-0.4, -0.2) is 23.6 Å². The maximum Gasteiger partial charge on any atom is 0.336 e. The molecule has 0 bridgehead atoms. The van der Waals surface area contributed by atoms with E-state index in [1.807, 2.05) is 13.8 Å². The van der Waals surface area contributed by atoms with E-state index in [1.165, 1.54) is 6.07 Å². The fourth-order valence-electron chi connectivity index (χ4n) is 3.42. The molecule has 2 unspecified atom stereocenters. The van der Waals surface area contributed by atoms with Crippen molar-refractivity contribution in [2.75, 3.05) is 0 Å². The van der Waals surface area contributed by atoms with Crippen molar-refractivity contribution >= 4 is 22.9 Å². The van der Waals surface area contributed by atoms with Crippen molar-refractivity contribution in [1.82, 2.24) is 0 Å². The quantitative estimate of drug-likeness (QED) is 0.553. The fraction of sp³-hybridized carbons (Fsp3) is 0.500. The molecular formula is C22H26O7. The van der Waals surface area contributed by atoms with Gasteiger partial charge in [0.05, 0.1) is 5.56 Å². The standard InChI is InChI=1S/C22H26O7/c1-6-15(23)26-20-18-14(9-7-13-8-10-16(24)27-19(13)18)29-22(4,5)21(20)28-17(25)11-12(2)3/h7-10,12,20-21H,6,11H2,1-5H3. The van der Waals surface area contributed by atoms with E-state index in [2.05, 4.69) is 0 Å². The molecule has 1 aliphatic rings. The molecule has 3 rings (SSSR count). The summed E-state index contributed by atoms with van der Waals surface area (Å²) in [6.45, 7) is 9.03. The van der Waals surface area contributed by atoms with Gasteiger partial charge >= 0.3 is 17.6 Å². The lowest BCUT2D eigenvalue weighted by Crippen LogP contribution is -2.52. The Morgan fingerprint density at radius 1 is 1.10 bits per heavy atom. The van der Waals surface area contributed by atoms with Gasteiger partial charge in [-0.05, 0) is 38.0 Å². The molecule has 0 saturated heterocycles. The predicted octanol–water partition coefficient (Wildman–Crippen LogP) is 3.92. The molecule has 0 saturated carbocycles. The number of hydrogen-bond acceptors (Lipinski definition) is 7. The molecule has 2 heterocycles. The Morgan fingerprint density at radius 3 is 2.45 bits per heavy atom. The van der Waals surface area contributed by atoms with Crippen molar-refractivity contribution in [3.8, 4) is 5.75 Å².